The van der Waals surface area contributed by atoms with Crippen molar-refractivity contribution in [2.45, 2.75) is 18.9 Å². The van der Waals surface area contributed by atoms with Gasteiger partial charge in [-0.2, -0.15) is 5.10 Å². The molecule has 3 aromatic carbocycles. The summed E-state index contributed by atoms with van der Waals surface area (Å²) in [5.41, 5.74) is 3.72. The van der Waals surface area contributed by atoms with Crippen molar-refractivity contribution in [1.82, 2.24) is 5.43 Å². The minimum atomic E-state index is -1.83. The fourth-order valence-electron chi connectivity index (χ4n) is 2.87. The van der Waals surface area contributed by atoms with Gasteiger partial charge in [-0.25, -0.2) is 5.43 Å². The van der Waals surface area contributed by atoms with Crippen molar-refractivity contribution in [3.05, 3.63) is 107 Å². The molecule has 0 spiro atoms. The molecule has 0 heterocycles. The van der Waals surface area contributed by atoms with Crippen LogP contribution in [0.1, 0.15) is 29.2 Å². The van der Waals surface area contributed by atoms with E-state index in [0.29, 0.717) is 11.1 Å². The second-order valence-corrected chi connectivity index (χ2v) is 6.24. The predicted octanol–water partition coefficient (Wildman–Crippen LogP) is 3.64. The van der Waals surface area contributed by atoms with Gasteiger partial charge in [0.25, 0.3) is 5.91 Å². The molecule has 0 radical (unpaired) electrons. The summed E-state index contributed by atoms with van der Waals surface area (Å²) in [7, 11) is 0. The number of nitrogens with one attached hydrogen (secondary N) is 1. The van der Waals surface area contributed by atoms with Crippen LogP contribution in [0.25, 0.3) is 0 Å². The lowest BCUT2D eigenvalue weighted by Gasteiger charge is -2.27. The van der Waals surface area contributed by atoms with Gasteiger partial charge in [0.2, 0.25) is 0 Å². The molecule has 0 aliphatic carbocycles. The molecule has 0 saturated carbocycles. The van der Waals surface area contributed by atoms with E-state index >= 15 is 0 Å². The van der Waals surface area contributed by atoms with Gasteiger partial charge in [0, 0.05) is 0 Å². The zero-order valence-electron chi connectivity index (χ0n) is 15.2. The number of rotatable bonds is 6. The number of nitrogens with zero attached hydrogens (tertiary/aromatic N) is 1. The van der Waals surface area contributed by atoms with E-state index in [4.69, 9.17) is 0 Å². The molecule has 0 aliphatic rings. The zero-order valence-corrected chi connectivity index (χ0v) is 15.2. The first kappa shape index (κ1) is 18.5. The third-order valence-corrected chi connectivity index (χ3v) is 4.48. The van der Waals surface area contributed by atoms with Crippen molar-refractivity contribution in [2.75, 3.05) is 0 Å². The second kappa shape index (κ2) is 8.43. The molecule has 0 aromatic heterocycles. The lowest BCUT2D eigenvalue weighted by Crippen LogP contribution is -2.43. The highest BCUT2D eigenvalue weighted by molar-refractivity contribution is 5.91. The maximum absolute atomic E-state index is 12.9. The van der Waals surface area contributed by atoms with Crippen molar-refractivity contribution < 1.29 is 9.90 Å². The molecule has 3 rings (SSSR count). The van der Waals surface area contributed by atoms with E-state index in [9.17, 15) is 9.90 Å². The van der Waals surface area contributed by atoms with Crippen LogP contribution >= 0.6 is 0 Å². The number of hydrogen-bond donors (Lipinski definition) is 2. The molecule has 0 atom stereocenters. The number of carbonyl (C=O) groups excluding carboxylic acids is 1. The SMILES string of the molecule is CCc1ccc(C=NNC(=O)C(O)(c2ccccc2)c2ccccc2)cc1. The molecule has 1 amide bonds. The van der Waals surface area contributed by atoms with Gasteiger partial charge < -0.3 is 5.11 Å². The van der Waals surface area contributed by atoms with Gasteiger partial charge in [0.05, 0.1) is 6.21 Å². The third-order valence-electron chi connectivity index (χ3n) is 4.48. The van der Waals surface area contributed by atoms with Crippen LogP contribution in [0.15, 0.2) is 90.0 Å². The van der Waals surface area contributed by atoms with Crippen LogP contribution < -0.4 is 5.43 Å². The van der Waals surface area contributed by atoms with Gasteiger partial charge in [-0.15, -0.1) is 0 Å². The Balaban J connectivity index is 1.84. The van der Waals surface area contributed by atoms with E-state index in [1.54, 1.807) is 54.7 Å². The molecule has 4 heteroatoms. The number of aryl methyl sites for hydroxylation is 1. The summed E-state index contributed by atoms with van der Waals surface area (Å²) < 4.78 is 0. The van der Waals surface area contributed by atoms with E-state index in [1.165, 1.54) is 5.56 Å². The summed E-state index contributed by atoms with van der Waals surface area (Å²) in [6.07, 6.45) is 2.53. The van der Waals surface area contributed by atoms with Crippen molar-refractivity contribution in [1.29, 1.82) is 0 Å². The summed E-state index contributed by atoms with van der Waals surface area (Å²) in [4.78, 5) is 12.9. The van der Waals surface area contributed by atoms with Crippen LogP contribution in [0.5, 0.6) is 0 Å². The van der Waals surface area contributed by atoms with Crippen molar-refractivity contribution in [2.24, 2.45) is 5.10 Å². The molecule has 4 nitrogen and oxygen atoms in total. The normalized spacial score (nSPS) is 11.5. The predicted molar refractivity (Wildman–Crippen MR) is 107 cm³/mol. The van der Waals surface area contributed by atoms with Crippen LogP contribution in [-0.4, -0.2) is 17.2 Å². The number of benzene rings is 3. The Morgan fingerprint density at radius 2 is 1.44 bits per heavy atom. The highest BCUT2D eigenvalue weighted by Crippen LogP contribution is 2.29. The molecule has 0 unspecified atom stereocenters. The Kier molecular flexibility index (Phi) is 5.79. The topological polar surface area (TPSA) is 61.7 Å². The van der Waals surface area contributed by atoms with Gasteiger partial charge in [0.15, 0.2) is 5.60 Å². The highest BCUT2D eigenvalue weighted by atomic mass is 16.3. The molecule has 0 saturated heterocycles. The minimum absolute atomic E-state index is 0.483. The van der Waals surface area contributed by atoms with E-state index in [-0.39, 0.29) is 0 Å². The smallest absolute Gasteiger partial charge is 0.281 e. The van der Waals surface area contributed by atoms with Gasteiger partial charge in [-0.3, -0.25) is 4.79 Å². The molecule has 0 bridgehead atoms. The molecule has 3 aromatic rings. The van der Waals surface area contributed by atoms with Crippen LogP contribution in [0, 0.1) is 0 Å². The van der Waals surface area contributed by atoms with Crippen molar-refractivity contribution in [3.63, 3.8) is 0 Å². The minimum Gasteiger partial charge on any atom is -0.372 e. The average Bonchev–Trinajstić information content (AvgIpc) is 2.74. The number of hydrogen-bond acceptors (Lipinski definition) is 3. The Morgan fingerprint density at radius 3 is 1.93 bits per heavy atom. The van der Waals surface area contributed by atoms with E-state index in [0.717, 1.165) is 12.0 Å². The summed E-state index contributed by atoms with van der Waals surface area (Å²) in [6.45, 7) is 2.09. The summed E-state index contributed by atoms with van der Waals surface area (Å²) in [6, 6.07) is 25.6. The number of carbonyl (C=O) groups is 1. The van der Waals surface area contributed by atoms with E-state index < -0.39 is 11.5 Å². The lowest BCUT2D eigenvalue weighted by atomic mass is 9.85. The summed E-state index contributed by atoms with van der Waals surface area (Å²) in [5, 5.41) is 15.3. The summed E-state index contributed by atoms with van der Waals surface area (Å²) in [5.74, 6) is -0.610. The lowest BCUT2D eigenvalue weighted by molar-refractivity contribution is -0.136. The van der Waals surface area contributed by atoms with Gasteiger partial charge in [-0.05, 0) is 28.7 Å². The van der Waals surface area contributed by atoms with Gasteiger partial charge >= 0.3 is 0 Å². The van der Waals surface area contributed by atoms with Crippen LogP contribution in [-0.2, 0) is 16.8 Å². The standard InChI is InChI=1S/C23H22N2O2/c1-2-18-13-15-19(16-14-18)17-24-25-22(26)23(27,20-9-5-3-6-10-20)21-11-7-4-8-12-21/h3-17,27H,2H2,1H3,(H,25,26). The first-order chi connectivity index (χ1) is 13.1. The maximum Gasteiger partial charge on any atom is 0.281 e. The highest BCUT2D eigenvalue weighted by Gasteiger charge is 2.39. The third kappa shape index (κ3) is 4.13. The maximum atomic E-state index is 12.9. The van der Waals surface area contributed by atoms with Crippen molar-refractivity contribution in [3.8, 4) is 0 Å². The van der Waals surface area contributed by atoms with Gasteiger partial charge in [-0.1, -0.05) is 91.9 Å². The first-order valence-corrected chi connectivity index (χ1v) is 8.90. The molecular weight excluding hydrogens is 336 g/mol. The Bertz CT molecular complexity index is 865. The average molecular weight is 358 g/mol. The molecule has 2 N–H and O–H groups in total. The van der Waals surface area contributed by atoms with E-state index in [2.05, 4.69) is 17.5 Å². The number of hydrazone groups is 1. The molecule has 0 fully saturated rings. The molecule has 136 valence electrons. The number of amides is 1. The van der Waals surface area contributed by atoms with Crippen molar-refractivity contribution >= 4 is 12.1 Å². The number of aliphatic hydroxyl groups is 1. The quantitative estimate of drug-likeness (QED) is 0.522. The Morgan fingerprint density at radius 1 is 0.926 bits per heavy atom. The largest absolute Gasteiger partial charge is 0.372 e. The Hall–Kier alpha value is -3.24. The van der Waals surface area contributed by atoms with E-state index in [1.807, 2.05) is 36.4 Å². The molecule has 0 aliphatic heterocycles. The first-order valence-electron chi connectivity index (χ1n) is 8.90. The zero-order chi connectivity index (χ0) is 19.1. The van der Waals surface area contributed by atoms with Crippen LogP contribution in [0.4, 0.5) is 0 Å². The fourth-order valence-corrected chi connectivity index (χ4v) is 2.87. The fraction of sp³-hybridized carbons (Fsp3) is 0.130. The van der Waals surface area contributed by atoms with Crippen LogP contribution in [0.2, 0.25) is 0 Å². The van der Waals surface area contributed by atoms with Crippen LogP contribution in [0.3, 0.4) is 0 Å². The summed E-state index contributed by atoms with van der Waals surface area (Å²) >= 11 is 0. The van der Waals surface area contributed by atoms with Gasteiger partial charge in [0.1, 0.15) is 0 Å². The molecule has 27 heavy (non-hydrogen) atoms. The Labute approximate surface area is 159 Å². The monoisotopic (exact) mass is 358 g/mol. The molecular formula is C23H22N2O2. The second-order valence-electron chi connectivity index (χ2n) is 6.24.